The lowest BCUT2D eigenvalue weighted by molar-refractivity contribution is -0.121. The molecule has 0 saturated heterocycles. The van der Waals surface area contributed by atoms with Gasteiger partial charge in [-0.1, -0.05) is 44.6 Å². The topological polar surface area (TPSA) is 64.3 Å². The van der Waals surface area contributed by atoms with Crippen LogP contribution in [-0.2, 0) is 9.53 Å². The van der Waals surface area contributed by atoms with Crippen molar-refractivity contribution in [1.82, 2.24) is 0 Å². The summed E-state index contributed by atoms with van der Waals surface area (Å²) in [7, 11) is 0. The number of carbonyl (C=O) groups excluding carboxylic acids is 1. The molecule has 5 heteroatoms. The van der Waals surface area contributed by atoms with Gasteiger partial charge in [0.05, 0.1) is 5.69 Å². The third-order valence-corrected chi connectivity index (χ3v) is 3.10. The SMILES string of the molecule is CCCC(C)COCC(=O)Nc1ccccc1C(N)=S. The molecule has 1 rings (SSSR count). The van der Waals surface area contributed by atoms with Crippen LogP contribution < -0.4 is 11.1 Å². The molecule has 110 valence electrons. The minimum atomic E-state index is -0.197. The van der Waals surface area contributed by atoms with Gasteiger partial charge in [0.15, 0.2) is 0 Å². The molecule has 0 heterocycles. The van der Waals surface area contributed by atoms with E-state index in [1.165, 1.54) is 0 Å². The summed E-state index contributed by atoms with van der Waals surface area (Å²) in [4.78, 5) is 12.1. The average molecular weight is 294 g/mol. The van der Waals surface area contributed by atoms with Gasteiger partial charge in [0.1, 0.15) is 11.6 Å². The normalized spacial score (nSPS) is 11.9. The molecular formula is C15H22N2O2S. The molecule has 1 atom stereocenters. The summed E-state index contributed by atoms with van der Waals surface area (Å²) in [5, 5.41) is 2.77. The standard InChI is InChI=1S/C15H22N2O2S/c1-3-6-11(2)9-19-10-14(18)17-13-8-5-4-7-12(13)15(16)20/h4-5,7-8,11H,3,6,9-10H2,1-2H3,(H2,16,20)(H,17,18). The zero-order chi connectivity index (χ0) is 15.0. The van der Waals surface area contributed by atoms with Crippen LogP contribution >= 0.6 is 12.2 Å². The minimum Gasteiger partial charge on any atom is -0.389 e. The third kappa shape index (κ3) is 5.67. The van der Waals surface area contributed by atoms with Crippen molar-refractivity contribution in [3.8, 4) is 0 Å². The molecule has 0 spiro atoms. The number of anilines is 1. The van der Waals surface area contributed by atoms with E-state index in [1.807, 2.05) is 12.1 Å². The number of ether oxygens (including phenoxy) is 1. The van der Waals surface area contributed by atoms with E-state index >= 15 is 0 Å². The Morgan fingerprint density at radius 1 is 1.45 bits per heavy atom. The third-order valence-electron chi connectivity index (χ3n) is 2.88. The summed E-state index contributed by atoms with van der Waals surface area (Å²) in [6.07, 6.45) is 2.23. The second kappa shape index (κ2) is 8.66. The van der Waals surface area contributed by atoms with Crippen molar-refractivity contribution >= 4 is 28.8 Å². The molecular weight excluding hydrogens is 272 g/mol. The first-order chi connectivity index (χ1) is 9.54. The fourth-order valence-electron chi connectivity index (χ4n) is 1.92. The van der Waals surface area contributed by atoms with Gasteiger partial charge in [0, 0.05) is 12.2 Å². The molecule has 3 N–H and O–H groups in total. The summed E-state index contributed by atoms with van der Waals surface area (Å²) < 4.78 is 5.41. The maximum atomic E-state index is 11.8. The molecule has 1 unspecified atom stereocenters. The van der Waals surface area contributed by atoms with E-state index in [0.29, 0.717) is 23.8 Å². The maximum Gasteiger partial charge on any atom is 0.250 e. The second-order valence-electron chi connectivity index (χ2n) is 4.87. The number of carbonyl (C=O) groups is 1. The van der Waals surface area contributed by atoms with Crippen LogP contribution in [0.2, 0.25) is 0 Å². The van der Waals surface area contributed by atoms with Crippen molar-refractivity contribution < 1.29 is 9.53 Å². The van der Waals surface area contributed by atoms with Gasteiger partial charge < -0.3 is 15.8 Å². The first-order valence-corrected chi connectivity index (χ1v) is 7.21. The van der Waals surface area contributed by atoms with Gasteiger partial charge in [0.2, 0.25) is 5.91 Å². The highest BCUT2D eigenvalue weighted by Crippen LogP contribution is 2.14. The van der Waals surface area contributed by atoms with Gasteiger partial charge in [0.25, 0.3) is 0 Å². The number of benzene rings is 1. The van der Waals surface area contributed by atoms with Gasteiger partial charge in [-0.25, -0.2) is 0 Å². The van der Waals surface area contributed by atoms with E-state index in [-0.39, 0.29) is 17.5 Å². The second-order valence-corrected chi connectivity index (χ2v) is 5.31. The van der Waals surface area contributed by atoms with Crippen LogP contribution in [0.25, 0.3) is 0 Å². The summed E-state index contributed by atoms with van der Waals surface area (Å²) in [6, 6.07) is 7.20. The quantitative estimate of drug-likeness (QED) is 0.724. The van der Waals surface area contributed by atoms with Crippen molar-refractivity contribution in [2.45, 2.75) is 26.7 Å². The van der Waals surface area contributed by atoms with Crippen molar-refractivity contribution in [1.29, 1.82) is 0 Å². The summed E-state index contributed by atoms with van der Waals surface area (Å²) >= 11 is 4.95. The molecule has 1 aromatic rings. The lowest BCUT2D eigenvalue weighted by atomic mass is 10.1. The van der Waals surface area contributed by atoms with E-state index in [2.05, 4.69) is 19.2 Å². The van der Waals surface area contributed by atoms with Crippen molar-refractivity contribution in [3.05, 3.63) is 29.8 Å². The molecule has 20 heavy (non-hydrogen) atoms. The highest BCUT2D eigenvalue weighted by Gasteiger charge is 2.09. The van der Waals surface area contributed by atoms with Crippen LogP contribution in [0, 0.1) is 5.92 Å². The largest absolute Gasteiger partial charge is 0.389 e. The number of hydrogen-bond donors (Lipinski definition) is 2. The Morgan fingerprint density at radius 3 is 2.80 bits per heavy atom. The molecule has 0 bridgehead atoms. The van der Waals surface area contributed by atoms with Crippen LogP contribution in [0.15, 0.2) is 24.3 Å². The molecule has 0 aliphatic heterocycles. The fraction of sp³-hybridized carbons (Fsp3) is 0.467. The summed E-state index contributed by atoms with van der Waals surface area (Å²) in [5.74, 6) is 0.272. The van der Waals surface area contributed by atoms with Crippen molar-refractivity contribution in [2.24, 2.45) is 11.7 Å². The fourth-order valence-corrected chi connectivity index (χ4v) is 2.10. The Morgan fingerprint density at radius 2 is 2.15 bits per heavy atom. The van der Waals surface area contributed by atoms with Gasteiger partial charge in [-0.15, -0.1) is 0 Å². The number of rotatable bonds is 8. The van der Waals surface area contributed by atoms with Crippen molar-refractivity contribution in [2.75, 3.05) is 18.5 Å². The van der Waals surface area contributed by atoms with Crippen LogP contribution in [0.5, 0.6) is 0 Å². The van der Waals surface area contributed by atoms with E-state index < -0.39 is 0 Å². The number of nitrogens with two attached hydrogens (primary N) is 1. The van der Waals surface area contributed by atoms with E-state index in [0.717, 1.165) is 12.8 Å². The maximum absolute atomic E-state index is 11.8. The molecule has 0 aliphatic rings. The molecule has 0 fully saturated rings. The van der Waals surface area contributed by atoms with Crippen molar-refractivity contribution in [3.63, 3.8) is 0 Å². The number of amides is 1. The first-order valence-electron chi connectivity index (χ1n) is 6.81. The highest BCUT2D eigenvalue weighted by molar-refractivity contribution is 7.80. The average Bonchev–Trinajstić information content (AvgIpc) is 2.39. The molecule has 0 aliphatic carbocycles. The molecule has 1 aromatic carbocycles. The van der Waals surface area contributed by atoms with Crippen LogP contribution in [0.4, 0.5) is 5.69 Å². The lowest BCUT2D eigenvalue weighted by Crippen LogP contribution is -2.22. The van der Waals surface area contributed by atoms with E-state index in [9.17, 15) is 4.79 Å². The molecule has 4 nitrogen and oxygen atoms in total. The number of para-hydroxylation sites is 1. The highest BCUT2D eigenvalue weighted by atomic mass is 32.1. The zero-order valence-electron chi connectivity index (χ0n) is 12.0. The number of hydrogen-bond acceptors (Lipinski definition) is 3. The van der Waals surface area contributed by atoms with Crippen LogP contribution in [0.1, 0.15) is 32.3 Å². The first kappa shape index (κ1) is 16.6. The van der Waals surface area contributed by atoms with E-state index in [1.54, 1.807) is 12.1 Å². The Balaban J connectivity index is 2.45. The van der Waals surface area contributed by atoms with Crippen LogP contribution in [-0.4, -0.2) is 24.1 Å². The number of nitrogens with one attached hydrogen (secondary N) is 1. The Labute approximate surface area is 125 Å². The lowest BCUT2D eigenvalue weighted by Gasteiger charge is -2.12. The Bertz CT molecular complexity index is 463. The van der Waals surface area contributed by atoms with E-state index in [4.69, 9.17) is 22.7 Å². The molecule has 0 saturated carbocycles. The van der Waals surface area contributed by atoms with Gasteiger partial charge in [-0.2, -0.15) is 0 Å². The zero-order valence-corrected chi connectivity index (χ0v) is 12.8. The molecule has 1 amide bonds. The predicted molar refractivity (Wildman–Crippen MR) is 85.9 cm³/mol. The summed E-state index contributed by atoms with van der Waals surface area (Å²) in [5.41, 5.74) is 6.90. The predicted octanol–water partition coefficient (Wildman–Crippen LogP) is 2.71. The summed E-state index contributed by atoms with van der Waals surface area (Å²) in [6.45, 7) is 4.89. The Kier molecular flexibility index (Phi) is 7.18. The Hall–Kier alpha value is -1.46. The van der Waals surface area contributed by atoms with Gasteiger partial charge in [-0.05, 0) is 24.5 Å². The molecule has 0 aromatic heterocycles. The van der Waals surface area contributed by atoms with Crippen LogP contribution in [0.3, 0.4) is 0 Å². The molecule has 0 radical (unpaired) electrons. The monoisotopic (exact) mass is 294 g/mol. The minimum absolute atomic E-state index is 0.0414. The smallest absolute Gasteiger partial charge is 0.250 e. The van der Waals surface area contributed by atoms with Gasteiger partial charge >= 0.3 is 0 Å². The number of thiocarbonyl (C=S) groups is 1. The van der Waals surface area contributed by atoms with Gasteiger partial charge in [-0.3, -0.25) is 4.79 Å².